The number of nitrogens with zero attached hydrogens (tertiary/aromatic N) is 2. The lowest BCUT2D eigenvalue weighted by molar-refractivity contribution is 0.661. The highest BCUT2D eigenvalue weighted by Crippen LogP contribution is 2.53. The molecule has 0 radical (unpaired) electrons. The topological polar surface area (TPSA) is 9.86 Å². The van der Waals surface area contributed by atoms with E-state index in [9.17, 15) is 0 Å². The van der Waals surface area contributed by atoms with Crippen LogP contribution in [0.1, 0.15) is 25.0 Å². The number of rotatable bonds is 5. The third kappa shape index (κ3) is 5.06. The van der Waals surface area contributed by atoms with E-state index in [0.29, 0.717) is 0 Å². The van der Waals surface area contributed by atoms with Gasteiger partial charge in [0, 0.05) is 43.9 Å². The average molecular weight is 753 g/mol. The van der Waals surface area contributed by atoms with Gasteiger partial charge in [-0.2, -0.15) is 0 Å². The zero-order valence-electron chi connectivity index (χ0n) is 33.0. The molecule has 0 unspecified atom stereocenters. The van der Waals surface area contributed by atoms with Gasteiger partial charge in [-0.25, -0.2) is 0 Å². The van der Waals surface area contributed by atoms with Crippen LogP contribution in [-0.4, -0.2) is 9.13 Å². The largest absolute Gasteiger partial charge is 0.309 e. The van der Waals surface area contributed by atoms with E-state index >= 15 is 0 Å². The number of para-hydroxylation sites is 1. The fourth-order valence-electron chi connectivity index (χ4n) is 10.1. The Kier molecular flexibility index (Phi) is 7.31. The number of hydrogen-bond donors (Lipinski definition) is 0. The highest BCUT2D eigenvalue weighted by Gasteiger charge is 2.37. The first kappa shape index (κ1) is 33.7. The van der Waals surface area contributed by atoms with Gasteiger partial charge in [-0.3, -0.25) is 0 Å². The van der Waals surface area contributed by atoms with E-state index in [1.165, 1.54) is 105 Å². The summed E-state index contributed by atoms with van der Waals surface area (Å²) in [7, 11) is 0. The Morgan fingerprint density at radius 1 is 0.322 bits per heavy atom. The van der Waals surface area contributed by atoms with Crippen molar-refractivity contribution in [1.29, 1.82) is 0 Å². The minimum atomic E-state index is -0.101. The minimum absolute atomic E-state index is 0.101. The zero-order chi connectivity index (χ0) is 39.2. The van der Waals surface area contributed by atoms with Crippen molar-refractivity contribution in [1.82, 2.24) is 9.13 Å². The normalized spacial score (nSPS) is 13.1. The van der Waals surface area contributed by atoms with Crippen LogP contribution in [0.25, 0.3) is 99.5 Å². The Morgan fingerprint density at radius 3 is 1.51 bits per heavy atom. The van der Waals surface area contributed by atoms with Gasteiger partial charge in [-0.05, 0) is 105 Å². The Labute approximate surface area is 343 Å². The molecule has 2 aromatic heterocycles. The second-order valence-corrected chi connectivity index (χ2v) is 16.5. The fraction of sp³-hybridized carbons (Fsp3) is 0.0526. The maximum Gasteiger partial charge on any atom is 0.0622 e. The van der Waals surface area contributed by atoms with Crippen molar-refractivity contribution in [3.63, 3.8) is 0 Å². The molecule has 1 aliphatic carbocycles. The van der Waals surface area contributed by atoms with Crippen LogP contribution >= 0.6 is 0 Å². The third-order valence-electron chi connectivity index (χ3n) is 12.9. The van der Waals surface area contributed by atoms with Crippen LogP contribution in [0.4, 0.5) is 0 Å². The van der Waals surface area contributed by atoms with Crippen LogP contribution < -0.4 is 0 Å². The van der Waals surface area contributed by atoms with Gasteiger partial charge in [-0.1, -0.05) is 166 Å². The number of aromatic nitrogens is 2. The lowest BCUT2D eigenvalue weighted by atomic mass is 9.82. The standard InChI is InChI=1S/C57H40N2/c1-57(2)50-25-11-9-24-47(50)55-51(57)30-29-46-49-36-42(28-32-54(49)59(56(46)55)44-22-14-20-40(34-44)38-17-7-4-8-18-38)41-27-31-53-48(35-41)45-23-10-12-26-52(45)58(53)43-21-13-19-39(33-43)37-15-5-3-6-16-37/h3-36H,1-2H3. The smallest absolute Gasteiger partial charge is 0.0622 e. The first-order valence-corrected chi connectivity index (χ1v) is 20.6. The van der Waals surface area contributed by atoms with Crippen molar-refractivity contribution in [2.45, 2.75) is 19.3 Å². The summed E-state index contributed by atoms with van der Waals surface area (Å²) in [6.45, 7) is 4.75. The Balaban J connectivity index is 1.07. The summed E-state index contributed by atoms with van der Waals surface area (Å²) in [5.74, 6) is 0. The molecular formula is C57H40N2. The molecule has 11 aromatic rings. The van der Waals surface area contributed by atoms with E-state index in [-0.39, 0.29) is 5.41 Å². The SMILES string of the molecule is CC1(C)c2ccccc2-c2c1ccc1c3cc(-c4ccc5c(c4)c4ccccc4n5-c4cccc(-c5ccccc5)c4)ccc3n(-c3cccc(-c4ccccc4)c3)c21. The predicted octanol–water partition coefficient (Wildman–Crippen LogP) is 15.2. The van der Waals surface area contributed by atoms with Gasteiger partial charge in [0.05, 0.1) is 22.1 Å². The minimum Gasteiger partial charge on any atom is -0.309 e. The van der Waals surface area contributed by atoms with Crippen molar-refractivity contribution in [3.05, 3.63) is 217 Å². The number of hydrogen-bond acceptors (Lipinski definition) is 0. The molecule has 12 rings (SSSR count). The van der Waals surface area contributed by atoms with Gasteiger partial charge in [0.25, 0.3) is 0 Å². The molecule has 0 spiro atoms. The highest BCUT2D eigenvalue weighted by molar-refractivity contribution is 6.17. The maximum atomic E-state index is 2.53. The quantitative estimate of drug-likeness (QED) is 0.166. The molecular weight excluding hydrogens is 713 g/mol. The highest BCUT2D eigenvalue weighted by atomic mass is 15.0. The van der Waals surface area contributed by atoms with Crippen molar-refractivity contribution in [2.24, 2.45) is 0 Å². The van der Waals surface area contributed by atoms with E-state index in [1.54, 1.807) is 0 Å². The lowest BCUT2D eigenvalue weighted by Gasteiger charge is -2.21. The Bertz CT molecular complexity index is 3450. The molecule has 0 atom stereocenters. The molecule has 2 nitrogen and oxygen atoms in total. The van der Waals surface area contributed by atoms with Crippen LogP contribution in [0, 0.1) is 0 Å². The van der Waals surface area contributed by atoms with Crippen molar-refractivity contribution >= 4 is 43.6 Å². The molecule has 1 aliphatic rings. The molecule has 2 heterocycles. The summed E-state index contributed by atoms with van der Waals surface area (Å²) >= 11 is 0. The molecule has 0 fully saturated rings. The molecule has 0 bridgehead atoms. The maximum absolute atomic E-state index is 2.53. The van der Waals surface area contributed by atoms with Gasteiger partial charge in [0.2, 0.25) is 0 Å². The Morgan fingerprint density at radius 2 is 0.831 bits per heavy atom. The van der Waals surface area contributed by atoms with Gasteiger partial charge in [-0.15, -0.1) is 0 Å². The van der Waals surface area contributed by atoms with E-state index in [0.717, 1.165) is 5.69 Å². The van der Waals surface area contributed by atoms with Crippen molar-refractivity contribution in [3.8, 4) is 55.9 Å². The van der Waals surface area contributed by atoms with E-state index in [4.69, 9.17) is 0 Å². The summed E-state index contributed by atoms with van der Waals surface area (Å²) < 4.78 is 4.94. The summed E-state index contributed by atoms with van der Waals surface area (Å²) in [5.41, 5.74) is 19.8. The van der Waals surface area contributed by atoms with Crippen LogP contribution in [0.15, 0.2) is 206 Å². The lowest BCUT2D eigenvalue weighted by Crippen LogP contribution is -2.14. The summed E-state index contributed by atoms with van der Waals surface area (Å²) in [6, 6.07) is 76.0. The summed E-state index contributed by atoms with van der Waals surface area (Å²) in [6.07, 6.45) is 0. The number of fused-ring (bicyclic) bond motifs is 10. The zero-order valence-corrected chi connectivity index (χ0v) is 33.0. The van der Waals surface area contributed by atoms with E-state index < -0.39 is 0 Å². The summed E-state index contributed by atoms with van der Waals surface area (Å²) in [4.78, 5) is 0. The first-order valence-electron chi connectivity index (χ1n) is 20.6. The molecule has 278 valence electrons. The molecule has 0 saturated carbocycles. The molecule has 0 saturated heterocycles. The molecule has 9 aromatic carbocycles. The van der Waals surface area contributed by atoms with Crippen LogP contribution in [0.3, 0.4) is 0 Å². The Hall–Kier alpha value is -7.42. The fourth-order valence-corrected chi connectivity index (χ4v) is 10.1. The van der Waals surface area contributed by atoms with Crippen LogP contribution in [0.5, 0.6) is 0 Å². The predicted molar refractivity (Wildman–Crippen MR) is 249 cm³/mol. The molecule has 2 heteroatoms. The van der Waals surface area contributed by atoms with Gasteiger partial charge in [0.1, 0.15) is 0 Å². The van der Waals surface area contributed by atoms with Gasteiger partial charge in [0.15, 0.2) is 0 Å². The summed E-state index contributed by atoms with van der Waals surface area (Å²) in [5, 5.41) is 5.03. The molecule has 59 heavy (non-hydrogen) atoms. The third-order valence-corrected chi connectivity index (χ3v) is 12.9. The molecule has 0 amide bonds. The van der Waals surface area contributed by atoms with Gasteiger partial charge >= 0.3 is 0 Å². The van der Waals surface area contributed by atoms with E-state index in [1.807, 2.05) is 0 Å². The average Bonchev–Trinajstić information content (AvgIpc) is 3.89. The van der Waals surface area contributed by atoms with Crippen molar-refractivity contribution < 1.29 is 0 Å². The van der Waals surface area contributed by atoms with Crippen molar-refractivity contribution in [2.75, 3.05) is 0 Å². The second kappa shape index (κ2) is 12.8. The van der Waals surface area contributed by atoms with Crippen LogP contribution in [-0.2, 0) is 5.41 Å². The van der Waals surface area contributed by atoms with Crippen LogP contribution in [0.2, 0.25) is 0 Å². The number of benzene rings is 9. The molecule has 0 N–H and O–H groups in total. The first-order chi connectivity index (χ1) is 29.0. The monoisotopic (exact) mass is 752 g/mol. The molecule has 0 aliphatic heterocycles. The van der Waals surface area contributed by atoms with Gasteiger partial charge < -0.3 is 9.13 Å². The second-order valence-electron chi connectivity index (χ2n) is 16.5. The van der Waals surface area contributed by atoms with E-state index in [2.05, 4.69) is 229 Å².